The number of hydrogen-bond donors (Lipinski definition) is 1. The first-order valence-corrected chi connectivity index (χ1v) is 5.39. The number of carbonyl (C=O) groups is 1. The lowest BCUT2D eigenvalue weighted by Crippen LogP contribution is -2.34. The van der Waals surface area contributed by atoms with Gasteiger partial charge in [-0.15, -0.1) is 0 Å². The highest BCUT2D eigenvalue weighted by atomic mass is 16.8. The van der Waals surface area contributed by atoms with Crippen LogP contribution in [0.1, 0.15) is 25.7 Å². The van der Waals surface area contributed by atoms with Crippen molar-refractivity contribution in [2.45, 2.75) is 38.0 Å². The number of carbonyl (C=O) groups excluding carboxylic acids is 1. The molecule has 3 atom stereocenters. The number of nitro groups is 1. The van der Waals surface area contributed by atoms with Crippen LogP contribution >= 0.6 is 0 Å². The molecule has 1 aliphatic carbocycles. The van der Waals surface area contributed by atoms with Gasteiger partial charge in [-0.05, 0) is 12.8 Å². The molecule has 0 spiro atoms. The molecule has 1 N–H and O–H groups in total. The molecular weight excluding hydrogens is 216 g/mol. The van der Waals surface area contributed by atoms with Crippen LogP contribution in [0.15, 0.2) is 0 Å². The molecule has 1 aliphatic heterocycles. The second-order valence-electron chi connectivity index (χ2n) is 4.08. The van der Waals surface area contributed by atoms with Gasteiger partial charge >= 0.3 is 0 Å². The third kappa shape index (κ3) is 2.67. The first-order valence-electron chi connectivity index (χ1n) is 5.39. The van der Waals surface area contributed by atoms with E-state index in [1.54, 1.807) is 0 Å². The summed E-state index contributed by atoms with van der Waals surface area (Å²) in [6.07, 6.45) is 2.63. The maximum atomic E-state index is 11.4. The Labute approximate surface area is 92.2 Å². The van der Waals surface area contributed by atoms with Gasteiger partial charge in [0.25, 0.3) is 5.91 Å². The van der Waals surface area contributed by atoms with Crippen molar-refractivity contribution in [2.75, 3.05) is 6.61 Å². The van der Waals surface area contributed by atoms with E-state index in [0.717, 1.165) is 19.3 Å². The number of amides is 1. The second kappa shape index (κ2) is 4.75. The predicted octanol–water partition coefficient (Wildman–Crippen LogP) is 0.226. The van der Waals surface area contributed by atoms with Crippen molar-refractivity contribution >= 4 is 5.91 Å². The van der Waals surface area contributed by atoms with E-state index in [2.05, 4.69) is 5.48 Å². The SMILES string of the molecule is O=C(NO[C@@H]1CCCCO1)[C@@H]1C[C@H]1[N+](=O)[O-]. The summed E-state index contributed by atoms with van der Waals surface area (Å²) in [6.45, 7) is 0.626. The standard InChI is InChI=1S/C9H14N2O5/c12-9(6-5-7(6)11(13)14)10-16-8-3-1-2-4-15-8/h6-8H,1-5H2,(H,10,12)/t6-,7-,8-/m1/s1. The Morgan fingerprint density at radius 2 is 2.31 bits per heavy atom. The van der Waals surface area contributed by atoms with E-state index < -0.39 is 29.1 Å². The summed E-state index contributed by atoms with van der Waals surface area (Å²) in [7, 11) is 0. The molecular formula is C9H14N2O5. The molecule has 0 aromatic heterocycles. The van der Waals surface area contributed by atoms with Crippen LogP contribution in [0.5, 0.6) is 0 Å². The van der Waals surface area contributed by atoms with Gasteiger partial charge < -0.3 is 4.74 Å². The lowest BCUT2D eigenvalue weighted by molar-refractivity contribution is -0.497. The minimum absolute atomic E-state index is 0.299. The van der Waals surface area contributed by atoms with Gasteiger partial charge in [-0.3, -0.25) is 14.9 Å². The minimum atomic E-state index is -0.740. The van der Waals surface area contributed by atoms with Crippen LogP contribution in [-0.2, 0) is 14.4 Å². The lowest BCUT2D eigenvalue weighted by Gasteiger charge is -2.21. The molecule has 2 rings (SSSR count). The molecule has 0 unspecified atom stereocenters. The number of rotatable bonds is 4. The topological polar surface area (TPSA) is 90.7 Å². The zero-order valence-electron chi connectivity index (χ0n) is 8.76. The van der Waals surface area contributed by atoms with Crippen molar-refractivity contribution in [1.29, 1.82) is 0 Å². The Morgan fingerprint density at radius 1 is 1.50 bits per heavy atom. The number of nitrogens with zero attached hydrogens (tertiary/aromatic N) is 1. The Balaban J connectivity index is 1.66. The van der Waals surface area contributed by atoms with Gasteiger partial charge in [-0.25, -0.2) is 10.3 Å². The van der Waals surface area contributed by atoms with Gasteiger partial charge in [0.2, 0.25) is 6.04 Å². The maximum Gasteiger partial charge on any atom is 0.253 e. The van der Waals surface area contributed by atoms with E-state index in [9.17, 15) is 14.9 Å². The Bertz CT molecular complexity index is 290. The van der Waals surface area contributed by atoms with Crippen LogP contribution in [0, 0.1) is 16.0 Å². The van der Waals surface area contributed by atoms with Crippen molar-refractivity contribution in [3.63, 3.8) is 0 Å². The Hall–Kier alpha value is -1.21. The van der Waals surface area contributed by atoms with Crippen molar-refractivity contribution in [3.8, 4) is 0 Å². The molecule has 90 valence electrons. The van der Waals surface area contributed by atoms with Gasteiger partial charge in [-0.2, -0.15) is 0 Å². The maximum absolute atomic E-state index is 11.4. The molecule has 16 heavy (non-hydrogen) atoms. The highest BCUT2D eigenvalue weighted by molar-refractivity contribution is 5.80. The Kier molecular flexibility index (Phi) is 3.35. The van der Waals surface area contributed by atoms with Gasteiger partial charge in [0.15, 0.2) is 6.29 Å². The minimum Gasteiger partial charge on any atom is -0.350 e. The lowest BCUT2D eigenvalue weighted by atomic mass is 10.2. The van der Waals surface area contributed by atoms with E-state index in [-0.39, 0.29) is 0 Å². The molecule has 2 aliphatic rings. The van der Waals surface area contributed by atoms with Crippen LogP contribution < -0.4 is 5.48 Å². The van der Waals surface area contributed by atoms with Crippen LogP contribution in [0.4, 0.5) is 0 Å². The molecule has 0 bridgehead atoms. The number of ether oxygens (including phenoxy) is 1. The van der Waals surface area contributed by atoms with Gasteiger partial charge in [-0.1, -0.05) is 0 Å². The summed E-state index contributed by atoms with van der Waals surface area (Å²) < 4.78 is 5.23. The van der Waals surface area contributed by atoms with Crippen molar-refractivity contribution < 1.29 is 19.3 Å². The van der Waals surface area contributed by atoms with Gasteiger partial charge in [0.05, 0.1) is 0 Å². The fourth-order valence-electron chi connectivity index (χ4n) is 1.70. The van der Waals surface area contributed by atoms with Crippen molar-refractivity contribution in [1.82, 2.24) is 5.48 Å². The van der Waals surface area contributed by atoms with Crippen LogP contribution in [0.2, 0.25) is 0 Å². The molecule has 1 heterocycles. The molecule has 0 radical (unpaired) electrons. The summed E-state index contributed by atoms with van der Waals surface area (Å²) >= 11 is 0. The highest BCUT2D eigenvalue weighted by Crippen LogP contribution is 2.33. The molecule has 2 fully saturated rings. The van der Waals surface area contributed by atoms with Crippen LogP contribution in [-0.4, -0.2) is 29.8 Å². The van der Waals surface area contributed by atoms with Crippen molar-refractivity contribution in [2.24, 2.45) is 5.92 Å². The number of hydroxylamine groups is 1. The predicted molar refractivity (Wildman–Crippen MR) is 51.7 cm³/mol. The van der Waals surface area contributed by atoms with E-state index in [1.807, 2.05) is 0 Å². The van der Waals surface area contributed by atoms with Crippen molar-refractivity contribution in [3.05, 3.63) is 10.1 Å². The van der Waals surface area contributed by atoms with Crippen LogP contribution in [0.3, 0.4) is 0 Å². The fourth-order valence-corrected chi connectivity index (χ4v) is 1.70. The summed E-state index contributed by atoms with van der Waals surface area (Å²) in [5, 5.41) is 10.3. The van der Waals surface area contributed by atoms with E-state index in [0.29, 0.717) is 13.0 Å². The zero-order chi connectivity index (χ0) is 11.5. The smallest absolute Gasteiger partial charge is 0.253 e. The summed E-state index contributed by atoms with van der Waals surface area (Å²) in [5.74, 6) is -0.963. The van der Waals surface area contributed by atoms with Gasteiger partial charge in [0, 0.05) is 24.4 Å². The van der Waals surface area contributed by atoms with Gasteiger partial charge in [0.1, 0.15) is 5.92 Å². The number of hydrogen-bond acceptors (Lipinski definition) is 5. The largest absolute Gasteiger partial charge is 0.350 e. The average Bonchev–Trinajstić information content (AvgIpc) is 3.07. The quantitative estimate of drug-likeness (QED) is 0.551. The molecule has 0 aromatic carbocycles. The first kappa shape index (κ1) is 11.3. The molecule has 7 heteroatoms. The zero-order valence-corrected chi connectivity index (χ0v) is 8.76. The summed E-state index contributed by atoms with van der Waals surface area (Å²) in [6, 6.07) is -0.740. The normalized spacial score (nSPS) is 33.1. The molecule has 0 aromatic rings. The molecule has 7 nitrogen and oxygen atoms in total. The molecule has 1 saturated carbocycles. The van der Waals surface area contributed by atoms with E-state index in [4.69, 9.17) is 9.57 Å². The third-order valence-corrected chi connectivity index (χ3v) is 2.79. The first-order chi connectivity index (χ1) is 7.68. The third-order valence-electron chi connectivity index (χ3n) is 2.79. The fraction of sp³-hybridized carbons (Fsp3) is 0.889. The monoisotopic (exact) mass is 230 g/mol. The summed E-state index contributed by atoms with van der Waals surface area (Å²) in [5.41, 5.74) is 2.23. The van der Waals surface area contributed by atoms with E-state index in [1.165, 1.54) is 0 Å². The van der Waals surface area contributed by atoms with Crippen LogP contribution in [0.25, 0.3) is 0 Å². The molecule has 1 amide bonds. The number of nitrogens with one attached hydrogen (secondary N) is 1. The molecule has 1 saturated heterocycles. The Morgan fingerprint density at radius 3 is 2.88 bits per heavy atom. The average molecular weight is 230 g/mol. The second-order valence-corrected chi connectivity index (χ2v) is 4.08. The summed E-state index contributed by atoms with van der Waals surface area (Å²) in [4.78, 5) is 26.3. The van der Waals surface area contributed by atoms with E-state index >= 15 is 0 Å². The highest BCUT2D eigenvalue weighted by Gasteiger charge is 2.53.